The molecule has 1 rings (SSSR count). The fourth-order valence-corrected chi connectivity index (χ4v) is 0.915. The molecule has 0 unspecified atom stereocenters. The lowest BCUT2D eigenvalue weighted by Crippen LogP contribution is -2.19. The predicted molar refractivity (Wildman–Crippen MR) is 43.8 cm³/mol. The molecule has 0 aliphatic carbocycles. The van der Waals surface area contributed by atoms with E-state index in [0.29, 0.717) is 4.47 Å². The fourth-order valence-electron chi connectivity index (χ4n) is 0.627. The smallest absolute Gasteiger partial charge is 0.274 e. The Kier molecular flexibility index (Phi) is 1.80. The molecule has 1 heterocycles. The van der Waals surface area contributed by atoms with Crippen molar-refractivity contribution in [2.75, 3.05) is 5.73 Å². The van der Waals surface area contributed by atoms with Gasteiger partial charge in [0, 0.05) is 17.7 Å². The molecule has 54 valence electrons. The summed E-state index contributed by atoms with van der Waals surface area (Å²) in [5, 5.41) is 0. The van der Waals surface area contributed by atoms with Crippen LogP contribution in [-0.4, -0.2) is 4.57 Å². The Morgan fingerprint density at radius 2 is 2.30 bits per heavy atom. The lowest BCUT2D eigenvalue weighted by Gasteiger charge is -1.99. The fraction of sp³-hybridized carbons (Fsp3) is 0.167. The quantitative estimate of drug-likeness (QED) is 0.675. The number of nitrogen functional groups attached to an aromatic ring is 1. The first-order valence-corrected chi connectivity index (χ1v) is 3.53. The largest absolute Gasteiger partial charge is 0.393 e. The number of halogens is 1. The van der Waals surface area contributed by atoms with E-state index in [0.717, 1.165) is 0 Å². The number of hydrogen-bond acceptors (Lipinski definition) is 2. The van der Waals surface area contributed by atoms with Crippen LogP contribution in [0.15, 0.2) is 21.5 Å². The van der Waals surface area contributed by atoms with Gasteiger partial charge in [-0.2, -0.15) is 0 Å². The Hall–Kier alpha value is -0.770. The number of hydrogen-bond donors (Lipinski definition) is 1. The Bertz CT molecular complexity index is 305. The van der Waals surface area contributed by atoms with E-state index in [1.54, 1.807) is 19.3 Å². The molecule has 0 aliphatic heterocycles. The molecular formula is C6H7BrN2O. The third-order valence-corrected chi connectivity index (χ3v) is 1.94. The van der Waals surface area contributed by atoms with Crippen LogP contribution in [0, 0.1) is 0 Å². The number of nitrogens with two attached hydrogens (primary N) is 1. The normalized spacial score (nSPS) is 9.80. The third kappa shape index (κ3) is 1.07. The first kappa shape index (κ1) is 7.34. The Labute approximate surface area is 66.6 Å². The van der Waals surface area contributed by atoms with Gasteiger partial charge in [0.05, 0.1) is 0 Å². The van der Waals surface area contributed by atoms with Crippen LogP contribution in [0.25, 0.3) is 0 Å². The lowest BCUT2D eigenvalue weighted by molar-refractivity contribution is 0.862. The maximum atomic E-state index is 11.0. The molecule has 0 fully saturated rings. The summed E-state index contributed by atoms with van der Waals surface area (Å²) in [7, 11) is 1.66. The average Bonchev–Trinajstić information content (AvgIpc) is 1.93. The molecule has 0 aromatic carbocycles. The van der Waals surface area contributed by atoms with Crippen molar-refractivity contribution in [1.29, 1.82) is 0 Å². The number of aromatic nitrogens is 1. The second kappa shape index (κ2) is 2.46. The van der Waals surface area contributed by atoms with E-state index in [2.05, 4.69) is 15.9 Å². The van der Waals surface area contributed by atoms with Crippen LogP contribution in [0.4, 0.5) is 5.69 Å². The van der Waals surface area contributed by atoms with Gasteiger partial charge in [0.25, 0.3) is 5.56 Å². The van der Waals surface area contributed by atoms with Gasteiger partial charge in [-0.1, -0.05) is 0 Å². The van der Waals surface area contributed by atoms with Gasteiger partial charge in [0.15, 0.2) is 0 Å². The highest BCUT2D eigenvalue weighted by Gasteiger charge is 1.99. The molecule has 1 aromatic rings. The minimum Gasteiger partial charge on any atom is -0.393 e. The average molecular weight is 203 g/mol. The van der Waals surface area contributed by atoms with E-state index in [1.165, 1.54) is 4.57 Å². The van der Waals surface area contributed by atoms with Crippen LogP contribution in [0.5, 0.6) is 0 Å². The second-order valence-corrected chi connectivity index (χ2v) is 2.85. The molecule has 3 nitrogen and oxygen atoms in total. The zero-order chi connectivity index (χ0) is 7.72. The molecular weight excluding hydrogens is 196 g/mol. The Morgan fingerprint density at radius 1 is 1.70 bits per heavy atom. The molecule has 0 radical (unpaired) electrons. The van der Waals surface area contributed by atoms with E-state index < -0.39 is 0 Å². The molecule has 0 bridgehead atoms. The number of anilines is 1. The van der Waals surface area contributed by atoms with Gasteiger partial charge in [-0.05, 0) is 22.0 Å². The number of rotatable bonds is 0. The summed E-state index contributed by atoms with van der Waals surface area (Å²) >= 11 is 3.14. The monoisotopic (exact) mass is 202 g/mol. The highest BCUT2D eigenvalue weighted by atomic mass is 79.9. The highest BCUT2D eigenvalue weighted by Crippen LogP contribution is 2.12. The summed E-state index contributed by atoms with van der Waals surface area (Å²) < 4.78 is 2.08. The van der Waals surface area contributed by atoms with Gasteiger partial charge in [0.1, 0.15) is 5.69 Å². The van der Waals surface area contributed by atoms with Crippen molar-refractivity contribution < 1.29 is 0 Å². The van der Waals surface area contributed by atoms with Crippen molar-refractivity contribution >= 4 is 21.6 Å². The predicted octanol–water partition coefficient (Wildman–Crippen LogP) is 0.730. The second-order valence-electron chi connectivity index (χ2n) is 1.99. The van der Waals surface area contributed by atoms with Gasteiger partial charge in [-0.3, -0.25) is 4.79 Å². The number of nitrogens with zero attached hydrogens (tertiary/aromatic N) is 1. The van der Waals surface area contributed by atoms with E-state index in [9.17, 15) is 4.79 Å². The first-order valence-electron chi connectivity index (χ1n) is 2.73. The molecule has 2 N–H and O–H groups in total. The van der Waals surface area contributed by atoms with Crippen LogP contribution in [0.1, 0.15) is 0 Å². The van der Waals surface area contributed by atoms with Crippen LogP contribution in [0.3, 0.4) is 0 Å². The van der Waals surface area contributed by atoms with E-state index in [1.807, 2.05) is 0 Å². The Morgan fingerprint density at radius 3 is 2.80 bits per heavy atom. The van der Waals surface area contributed by atoms with Crippen LogP contribution in [0.2, 0.25) is 0 Å². The molecule has 10 heavy (non-hydrogen) atoms. The minimum absolute atomic E-state index is 0.172. The van der Waals surface area contributed by atoms with Crippen molar-refractivity contribution in [2.24, 2.45) is 7.05 Å². The molecule has 0 saturated carbocycles. The standard InChI is InChI=1S/C6H7BrN2O/c1-9-3-2-4(7)5(8)6(9)10/h2-3H,8H2,1H3. The summed E-state index contributed by atoms with van der Waals surface area (Å²) in [5.74, 6) is 0. The summed E-state index contributed by atoms with van der Waals surface area (Å²) in [5.41, 5.74) is 5.49. The van der Waals surface area contributed by atoms with Crippen molar-refractivity contribution in [3.05, 3.63) is 27.1 Å². The molecule has 0 atom stereocenters. The summed E-state index contributed by atoms with van der Waals surface area (Å²) in [6.45, 7) is 0. The van der Waals surface area contributed by atoms with Crippen molar-refractivity contribution in [2.45, 2.75) is 0 Å². The zero-order valence-electron chi connectivity index (χ0n) is 5.47. The van der Waals surface area contributed by atoms with Gasteiger partial charge in [-0.25, -0.2) is 0 Å². The minimum atomic E-state index is -0.172. The zero-order valence-corrected chi connectivity index (χ0v) is 7.05. The third-order valence-electron chi connectivity index (χ3n) is 1.25. The topological polar surface area (TPSA) is 48.0 Å². The number of aryl methyl sites for hydroxylation is 1. The van der Waals surface area contributed by atoms with E-state index in [-0.39, 0.29) is 11.2 Å². The van der Waals surface area contributed by atoms with E-state index >= 15 is 0 Å². The molecule has 0 saturated heterocycles. The highest BCUT2D eigenvalue weighted by molar-refractivity contribution is 9.10. The van der Waals surface area contributed by atoms with Gasteiger partial charge in [0.2, 0.25) is 0 Å². The summed E-state index contributed by atoms with van der Waals surface area (Å²) in [6, 6.07) is 1.73. The van der Waals surface area contributed by atoms with E-state index in [4.69, 9.17) is 5.73 Å². The maximum Gasteiger partial charge on any atom is 0.274 e. The molecule has 0 amide bonds. The number of pyridine rings is 1. The lowest BCUT2D eigenvalue weighted by atomic mass is 10.4. The van der Waals surface area contributed by atoms with Gasteiger partial charge in [-0.15, -0.1) is 0 Å². The maximum absolute atomic E-state index is 11.0. The Balaban J connectivity index is 3.50. The first-order chi connectivity index (χ1) is 4.63. The van der Waals surface area contributed by atoms with Gasteiger partial charge >= 0.3 is 0 Å². The molecule has 0 spiro atoms. The SMILES string of the molecule is Cn1ccc(Br)c(N)c1=O. The molecule has 1 aromatic heterocycles. The van der Waals surface area contributed by atoms with Gasteiger partial charge < -0.3 is 10.3 Å². The van der Waals surface area contributed by atoms with Crippen LogP contribution in [-0.2, 0) is 7.05 Å². The molecule has 4 heteroatoms. The van der Waals surface area contributed by atoms with Crippen LogP contribution >= 0.6 is 15.9 Å². The summed E-state index contributed by atoms with van der Waals surface area (Å²) in [4.78, 5) is 11.0. The van der Waals surface area contributed by atoms with Crippen LogP contribution < -0.4 is 11.3 Å². The van der Waals surface area contributed by atoms with Crippen molar-refractivity contribution in [1.82, 2.24) is 4.57 Å². The summed E-state index contributed by atoms with van der Waals surface area (Å²) in [6.07, 6.45) is 1.66. The van der Waals surface area contributed by atoms with Crippen molar-refractivity contribution in [3.63, 3.8) is 0 Å². The van der Waals surface area contributed by atoms with Crippen molar-refractivity contribution in [3.8, 4) is 0 Å². The molecule has 0 aliphatic rings.